The molecule has 0 unspecified atom stereocenters. The van der Waals surface area contributed by atoms with Crippen molar-refractivity contribution in [1.29, 1.82) is 0 Å². The van der Waals surface area contributed by atoms with Crippen LogP contribution in [0.4, 0.5) is 0 Å². The van der Waals surface area contributed by atoms with Crippen LogP contribution in [0, 0.1) is 5.92 Å². The van der Waals surface area contributed by atoms with Gasteiger partial charge in [-0.25, -0.2) is 0 Å². The maximum Gasteiger partial charge on any atom is 0.254 e. The molecule has 1 fully saturated rings. The molecule has 1 heterocycles. The van der Waals surface area contributed by atoms with Crippen LogP contribution >= 0.6 is 11.6 Å². The smallest absolute Gasteiger partial charge is 0.254 e. The van der Waals surface area contributed by atoms with Gasteiger partial charge in [0, 0.05) is 23.7 Å². The third-order valence-corrected chi connectivity index (χ3v) is 6.29. The van der Waals surface area contributed by atoms with Crippen LogP contribution in [0.3, 0.4) is 0 Å². The molecule has 3 aromatic rings. The van der Waals surface area contributed by atoms with Crippen molar-refractivity contribution in [2.45, 2.75) is 32.5 Å². The van der Waals surface area contributed by atoms with Gasteiger partial charge in [-0.1, -0.05) is 67.1 Å². The minimum absolute atomic E-state index is 0.00653. The molecule has 5 nitrogen and oxygen atoms in total. The molecule has 2 atom stereocenters. The summed E-state index contributed by atoms with van der Waals surface area (Å²) in [5.74, 6) is -0.0346. The second-order valence-corrected chi connectivity index (χ2v) is 9.03. The van der Waals surface area contributed by atoms with E-state index in [4.69, 9.17) is 11.6 Å². The van der Waals surface area contributed by atoms with Gasteiger partial charge in [0.2, 0.25) is 5.91 Å². The molecule has 4 rings (SSSR count). The lowest BCUT2D eigenvalue weighted by Gasteiger charge is -2.24. The summed E-state index contributed by atoms with van der Waals surface area (Å²) in [5.41, 5.74) is 4.24. The lowest BCUT2D eigenvalue weighted by Crippen LogP contribution is -2.45. The predicted molar refractivity (Wildman–Crippen MR) is 130 cm³/mol. The summed E-state index contributed by atoms with van der Waals surface area (Å²) in [5, 5.41) is 12.9. The zero-order chi connectivity index (χ0) is 23.4. The Hall–Kier alpha value is -3.15. The largest absolute Gasteiger partial charge is 0.392 e. The Bertz CT molecular complexity index is 1130. The van der Waals surface area contributed by atoms with Gasteiger partial charge in [-0.3, -0.25) is 9.59 Å². The average Bonchev–Trinajstić information content (AvgIpc) is 3.25. The molecule has 0 aromatic heterocycles. The predicted octanol–water partition coefficient (Wildman–Crippen LogP) is 4.67. The maximum atomic E-state index is 13.4. The van der Waals surface area contributed by atoms with E-state index in [1.807, 2.05) is 54.6 Å². The van der Waals surface area contributed by atoms with Crippen molar-refractivity contribution >= 4 is 23.4 Å². The number of rotatable bonds is 6. The van der Waals surface area contributed by atoms with E-state index in [0.29, 0.717) is 30.1 Å². The maximum absolute atomic E-state index is 13.4. The molecule has 0 aliphatic carbocycles. The van der Waals surface area contributed by atoms with Crippen LogP contribution in [0.25, 0.3) is 11.1 Å². The first-order valence-corrected chi connectivity index (χ1v) is 11.5. The van der Waals surface area contributed by atoms with E-state index in [-0.39, 0.29) is 24.3 Å². The highest BCUT2D eigenvalue weighted by molar-refractivity contribution is 6.30. The van der Waals surface area contributed by atoms with Gasteiger partial charge in [0.25, 0.3) is 5.91 Å². The number of hydrogen-bond donors (Lipinski definition) is 2. The van der Waals surface area contributed by atoms with Gasteiger partial charge in [0.1, 0.15) is 6.04 Å². The molecular weight excluding hydrogens is 436 g/mol. The number of nitrogens with zero attached hydrogens (tertiary/aromatic N) is 1. The molecule has 3 aromatic carbocycles. The van der Waals surface area contributed by atoms with Crippen LogP contribution in [0.15, 0.2) is 72.8 Å². The van der Waals surface area contributed by atoms with Crippen molar-refractivity contribution in [3.05, 3.63) is 94.5 Å². The van der Waals surface area contributed by atoms with Crippen LogP contribution in [-0.4, -0.2) is 34.4 Å². The number of benzene rings is 3. The zero-order valence-corrected chi connectivity index (χ0v) is 19.3. The quantitative estimate of drug-likeness (QED) is 0.559. The van der Waals surface area contributed by atoms with Gasteiger partial charge in [-0.2, -0.15) is 0 Å². The SMILES string of the molecule is C[C@@H]1C[C@@H](C(=O)NCc2ccc(Cl)cc2)N(C(=O)c2cccc(-c3ccc(CO)cc3)c2)C1. The van der Waals surface area contributed by atoms with Crippen LogP contribution in [0.2, 0.25) is 5.02 Å². The van der Waals surface area contributed by atoms with Gasteiger partial charge in [0.15, 0.2) is 0 Å². The number of aliphatic hydroxyl groups excluding tert-OH is 1. The molecule has 0 bridgehead atoms. The summed E-state index contributed by atoms with van der Waals surface area (Å²) in [6.45, 7) is 2.99. The van der Waals surface area contributed by atoms with Gasteiger partial charge in [-0.05, 0) is 58.9 Å². The van der Waals surface area contributed by atoms with Crippen molar-refractivity contribution in [3.8, 4) is 11.1 Å². The van der Waals surface area contributed by atoms with Crippen molar-refractivity contribution in [2.75, 3.05) is 6.54 Å². The normalized spacial score (nSPS) is 17.7. The first-order valence-electron chi connectivity index (χ1n) is 11.1. The first-order chi connectivity index (χ1) is 15.9. The average molecular weight is 463 g/mol. The number of likely N-dealkylation sites (tertiary alicyclic amines) is 1. The molecule has 2 amide bonds. The molecule has 170 valence electrons. The molecule has 1 aliphatic heterocycles. The summed E-state index contributed by atoms with van der Waals surface area (Å²) in [4.78, 5) is 28.1. The van der Waals surface area contributed by atoms with Crippen LogP contribution < -0.4 is 5.32 Å². The highest BCUT2D eigenvalue weighted by atomic mass is 35.5. The lowest BCUT2D eigenvalue weighted by atomic mass is 10.0. The molecule has 1 saturated heterocycles. The molecular formula is C27H27ClN2O3. The monoisotopic (exact) mass is 462 g/mol. The Morgan fingerprint density at radius 3 is 2.39 bits per heavy atom. The lowest BCUT2D eigenvalue weighted by molar-refractivity contribution is -0.125. The van der Waals surface area contributed by atoms with Gasteiger partial charge in [0.05, 0.1) is 6.61 Å². The molecule has 0 spiro atoms. The summed E-state index contributed by atoms with van der Waals surface area (Å²) >= 11 is 5.93. The minimum atomic E-state index is -0.493. The summed E-state index contributed by atoms with van der Waals surface area (Å²) < 4.78 is 0. The summed E-state index contributed by atoms with van der Waals surface area (Å²) in [6, 6.07) is 21.9. The van der Waals surface area contributed by atoms with E-state index >= 15 is 0 Å². The number of halogens is 1. The van der Waals surface area contributed by atoms with Gasteiger partial charge < -0.3 is 15.3 Å². The standard InChI is InChI=1S/C27H27ClN2O3/c1-18-13-25(26(32)29-15-19-7-11-24(28)12-8-19)30(16-18)27(33)23-4-2-3-22(14-23)21-9-5-20(17-31)6-10-21/h2-12,14,18,25,31H,13,15-17H2,1H3,(H,29,32)/t18-,25+/m1/s1. The number of aliphatic hydroxyl groups is 1. The Kier molecular flexibility index (Phi) is 7.11. The van der Waals surface area contributed by atoms with E-state index in [9.17, 15) is 14.7 Å². The Morgan fingerprint density at radius 2 is 1.70 bits per heavy atom. The molecule has 0 saturated carbocycles. The third kappa shape index (κ3) is 5.44. The zero-order valence-electron chi connectivity index (χ0n) is 18.5. The minimum Gasteiger partial charge on any atom is -0.392 e. The molecule has 6 heteroatoms. The van der Waals surface area contributed by atoms with Gasteiger partial charge >= 0.3 is 0 Å². The molecule has 1 aliphatic rings. The second-order valence-electron chi connectivity index (χ2n) is 8.59. The fourth-order valence-electron chi connectivity index (χ4n) is 4.23. The van der Waals surface area contributed by atoms with Crippen LogP contribution in [0.5, 0.6) is 0 Å². The molecule has 0 radical (unpaired) electrons. The third-order valence-electron chi connectivity index (χ3n) is 6.03. The number of nitrogens with one attached hydrogen (secondary N) is 1. The number of amides is 2. The molecule has 2 N–H and O–H groups in total. The van der Waals surface area contributed by atoms with Crippen molar-refractivity contribution in [1.82, 2.24) is 10.2 Å². The first kappa shape index (κ1) is 23.0. The van der Waals surface area contributed by atoms with Crippen molar-refractivity contribution in [2.24, 2.45) is 5.92 Å². The Labute approximate surface area is 199 Å². The molecule has 33 heavy (non-hydrogen) atoms. The van der Waals surface area contributed by atoms with Crippen molar-refractivity contribution in [3.63, 3.8) is 0 Å². The number of hydrogen-bond acceptors (Lipinski definition) is 3. The number of carbonyl (C=O) groups is 2. The van der Waals surface area contributed by atoms with E-state index in [1.54, 1.807) is 23.1 Å². The fourth-order valence-corrected chi connectivity index (χ4v) is 4.35. The highest BCUT2D eigenvalue weighted by Crippen LogP contribution is 2.27. The van der Waals surface area contributed by atoms with Crippen molar-refractivity contribution < 1.29 is 14.7 Å². The van der Waals surface area contributed by atoms with E-state index in [1.165, 1.54) is 0 Å². The van der Waals surface area contributed by atoms with Gasteiger partial charge in [-0.15, -0.1) is 0 Å². The highest BCUT2D eigenvalue weighted by Gasteiger charge is 2.38. The summed E-state index contributed by atoms with van der Waals surface area (Å²) in [6.07, 6.45) is 0.639. The van der Waals surface area contributed by atoms with E-state index < -0.39 is 6.04 Å². The van der Waals surface area contributed by atoms with E-state index in [2.05, 4.69) is 12.2 Å². The number of carbonyl (C=O) groups excluding carboxylic acids is 2. The van der Waals surface area contributed by atoms with E-state index in [0.717, 1.165) is 22.3 Å². The summed E-state index contributed by atoms with van der Waals surface area (Å²) in [7, 11) is 0. The Balaban J connectivity index is 1.48. The van der Waals surface area contributed by atoms with Crippen LogP contribution in [-0.2, 0) is 17.9 Å². The topological polar surface area (TPSA) is 69.6 Å². The Morgan fingerprint density at radius 1 is 1.00 bits per heavy atom. The fraction of sp³-hybridized carbons (Fsp3) is 0.259. The van der Waals surface area contributed by atoms with Crippen LogP contribution in [0.1, 0.15) is 34.8 Å². The second kappa shape index (κ2) is 10.2.